The van der Waals surface area contributed by atoms with Gasteiger partial charge in [0.25, 0.3) is 0 Å². The molecule has 0 bridgehead atoms. The molecule has 0 fully saturated rings. The van der Waals surface area contributed by atoms with Gasteiger partial charge < -0.3 is 5.11 Å². The van der Waals surface area contributed by atoms with Gasteiger partial charge in [-0.15, -0.1) is 0 Å². The van der Waals surface area contributed by atoms with Crippen molar-refractivity contribution in [2.75, 3.05) is 0 Å². The van der Waals surface area contributed by atoms with Crippen molar-refractivity contribution in [1.82, 2.24) is 15.0 Å². The van der Waals surface area contributed by atoms with Crippen molar-refractivity contribution in [3.8, 4) is 11.4 Å². The maximum absolute atomic E-state index is 10.8. The normalized spacial score (nSPS) is 10.1. The highest BCUT2D eigenvalue weighted by Gasteiger charge is 2.10. The molecule has 0 aromatic carbocycles. The fourth-order valence-electron chi connectivity index (χ4n) is 1.31. The molecule has 2 aromatic heterocycles. The summed E-state index contributed by atoms with van der Waals surface area (Å²) in [5.74, 6) is -1.35. The molecule has 2 aromatic rings. The molecule has 0 aliphatic rings. The summed E-state index contributed by atoms with van der Waals surface area (Å²) in [7, 11) is 0. The first-order valence-electron chi connectivity index (χ1n) is 4.67. The van der Waals surface area contributed by atoms with E-state index in [1.54, 1.807) is 31.3 Å². The van der Waals surface area contributed by atoms with Crippen molar-refractivity contribution in [2.45, 2.75) is 6.92 Å². The predicted octanol–water partition coefficient (Wildman–Crippen LogP) is 1.55. The van der Waals surface area contributed by atoms with Crippen LogP contribution in [0.4, 0.5) is 0 Å². The van der Waals surface area contributed by atoms with E-state index in [9.17, 15) is 4.79 Å². The van der Waals surface area contributed by atoms with Gasteiger partial charge in [0.1, 0.15) is 0 Å². The lowest BCUT2D eigenvalue weighted by Gasteiger charge is -2.02. The summed E-state index contributed by atoms with van der Waals surface area (Å²) in [5.41, 5.74) is 1.76. The van der Waals surface area contributed by atoms with Crippen LogP contribution in [-0.4, -0.2) is 26.0 Å². The van der Waals surface area contributed by atoms with Crippen LogP contribution < -0.4 is 0 Å². The van der Waals surface area contributed by atoms with Crippen molar-refractivity contribution >= 4 is 5.97 Å². The number of rotatable bonds is 2. The molecule has 0 amide bonds. The number of aromatic carboxylic acids is 1. The highest BCUT2D eigenvalue weighted by atomic mass is 16.4. The average molecular weight is 215 g/mol. The lowest BCUT2D eigenvalue weighted by atomic mass is 10.2. The highest BCUT2D eigenvalue weighted by Crippen LogP contribution is 2.14. The van der Waals surface area contributed by atoms with Gasteiger partial charge in [-0.25, -0.2) is 14.8 Å². The van der Waals surface area contributed by atoms with Crippen LogP contribution >= 0.6 is 0 Å². The van der Waals surface area contributed by atoms with Gasteiger partial charge in [0.15, 0.2) is 0 Å². The van der Waals surface area contributed by atoms with E-state index in [-0.39, 0.29) is 5.82 Å². The molecule has 0 unspecified atom stereocenters. The first-order valence-corrected chi connectivity index (χ1v) is 4.67. The van der Waals surface area contributed by atoms with Crippen molar-refractivity contribution in [3.63, 3.8) is 0 Å². The minimum atomic E-state index is -1.14. The maximum atomic E-state index is 10.8. The van der Waals surface area contributed by atoms with Gasteiger partial charge in [0.05, 0.1) is 11.4 Å². The van der Waals surface area contributed by atoms with E-state index in [2.05, 4.69) is 15.0 Å². The van der Waals surface area contributed by atoms with Gasteiger partial charge in [0.2, 0.25) is 5.82 Å². The molecule has 1 N–H and O–H groups in total. The Bertz CT molecular complexity index is 526. The first-order chi connectivity index (χ1) is 7.66. The first kappa shape index (κ1) is 10.2. The van der Waals surface area contributed by atoms with Crippen molar-refractivity contribution in [3.05, 3.63) is 42.0 Å². The van der Waals surface area contributed by atoms with Gasteiger partial charge in [-0.3, -0.25) is 4.98 Å². The third kappa shape index (κ3) is 2.03. The molecule has 2 rings (SSSR count). The SMILES string of the molecule is Cc1cc(-c2ccccn2)nc(C(=O)O)n1. The van der Waals surface area contributed by atoms with Crippen LogP contribution in [0.15, 0.2) is 30.5 Å². The van der Waals surface area contributed by atoms with Crippen molar-refractivity contribution in [1.29, 1.82) is 0 Å². The summed E-state index contributed by atoms with van der Waals surface area (Å²) < 4.78 is 0. The van der Waals surface area contributed by atoms with Gasteiger partial charge in [-0.2, -0.15) is 0 Å². The summed E-state index contributed by atoms with van der Waals surface area (Å²) in [5, 5.41) is 8.84. The zero-order chi connectivity index (χ0) is 11.5. The molecule has 0 aliphatic heterocycles. The molecule has 16 heavy (non-hydrogen) atoms. The second-order valence-electron chi connectivity index (χ2n) is 3.24. The van der Waals surface area contributed by atoms with Gasteiger partial charge in [-0.1, -0.05) is 6.07 Å². The van der Waals surface area contributed by atoms with E-state index in [4.69, 9.17) is 5.11 Å². The van der Waals surface area contributed by atoms with Crippen LogP contribution in [-0.2, 0) is 0 Å². The topological polar surface area (TPSA) is 76.0 Å². The summed E-state index contributed by atoms with van der Waals surface area (Å²) in [6.07, 6.45) is 1.63. The largest absolute Gasteiger partial charge is 0.475 e. The summed E-state index contributed by atoms with van der Waals surface area (Å²) in [6.45, 7) is 1.72. The number of pyridine rings is 1. The molecule has 0 spiro atoms. The second kappa shape index (κ2) is 4.06. The minimum Gasteiger partial charge on any atom is -0.475 e. The number of hydrogen-bond donors (Lipinski definition) is 1. The smallest absolute Gasteiger partial charge is 0.373 e. The van der Waals surface area contributed by atoms with E-state index in [1.165, 1.54) is 0 Å². The number of carbonyl (C=O) groups is 1. The van der Waals surface area contributed by atoms with E-state index in [0.717, 1.165) is 0 Å². The number of nitrogens with zero attached hydrogens (tertiary/aromatic N) is 3. The highest BCUT2D eigenvalue weighted by molar-refractivity contribution is 5.83. The van der Waals surface area contributed by atoms with Gasteiger partial charge >= 0.3 is 5.97 Å². The Labute approximate surface area is 91.8 Å². The monoisotopic (exact) mass is 215 g/mol. The molecule has 2 heterocycles. The Morgan fingerprint density at radius 1 is 1.25 bits per heavy atom. The van der Waals surface area contributed by atoms with Crippen LogP contribution in [0.25, 0.3) is 11.4 Å². The van der Waals surface area contributed by atoms with Crippen LogP contribution in [0.5, 0.6) is 0 Å². The number of carboxylic acids is 1. The second-order valence-corrected chi connectivity index (χ2v) is 3.24. The van der Waals surface area contributed by atoms with E-state index < -0.39 is 5.97 Å². The molecule has 5 heteroatoms. The predicted molar refractivity (Wildman–Crippen MR) is 57.0 cm³/mol. The molecule has 5 nitrogen and oxygen atoms in total. The van der Waals surface area contributed by atoms with Crippen LogP contribution in [0, 0.1) is 6.92 Å². The number of hydrogen-bond acceptors (Lipinski definition) is 4. The summed E-state index contributed by atoms with van der Waals surface area (Å²) >= 11 is 0. The molecule has 0 saturated carbocycles. The zero-order valence-corrected chi connectivity index (χ0v) is 8.58. The molecular weight excluding hydrogens is 206 g/mol. The molecule has 0 atom stereocenters. The Morgan fingerprint density at radius 3 is 2.69 bits per heavy atom. The maximum Gasteiger partial charge on any atom is 0.373 e. The Balaban J connectivity index is 2.54. The fraction of sp³-hybridized carbons (Fsp3) is 0.0909. The quantitative estimate of drug-likeness (QED) is 0.822. The molecule has 80 valence electrons. The lowest BCUT2D eigenvalue weighted by Crippen LogP contribution is -2.06. The minimum absolute atomic E-state index is 0.208. The van der Waals surface area contributed by atoms with Gasteiger partial charge in [-0.05, 0) is 25.1 Å². The van der Waals surface area contributed by atoms with E-state index in [1.807, 2.05) is 6.07 Å². The van der Waals surface area contributed by atoms with E-state index >= 15 is 0 Å². The zero-order valence-electron chi connectivity index (χ0n) is 8.58. The number of carboxylic acid groups (broad SMARTS) is 1. The van der Waals surface area contributed by atoms with Gasteiger partial charge in [0, 0.05) is 11.9 Å². The van der Waals surface area contributed by atoms with Crippen LogP contribution in [0.1, 0.15) is 16.3 Å². The Kier molecular flexibility index (Phi) is 2.59. The Morgan fingerprint density at radius 2 is 2.06 bits per heavy atom. The summed E-state index contributed by atoms with van der Waals surface area (Å²) in [6, 6.07) is 7.08. The van der Waals surface area contributed by atoms with E-state index in [0.29, 0.717) is 17.1 Å². The van der Waals surface area contributed by atoms with Crippen LogP contribution in [0.2, 0.25) is 0 Å². The van der Waals surface area contributed by atoms with Crippen LogP contribution in [0.3, 0.4) is 0 Å². The van der Waals surface area contributed by atoms with Crippen molar-refractivity contribution in [2.24, 2.45) is 0 Å². The Hall–Kier alpha value is -2.30. The summed E-state index contributed by atoms with van der Waals surface area (Å²) in [4.78, 5) is 22.6. The fourth-order valence-corrected chi connectivity index (χ4v) is 1.31. The van der Waals surface area contributed by atoms with Crippen molar-refractivity contribution < 1.29 is 9.90 Å². The lowest BCUT2D eigenvalue weighted by molar-refractivity contribution is 0.0683. The number of aryl methyl sites for hydroxylation is 1. The molecule has 0 aliphatic carbocycles. The molecule has 0 radical (unpaired) electrons. The average Bonchev–Trinajstić information content (AvgIpc) is 2.29. The molecular formula is C11H9N3O2. The molecule has 0 saturated heterocycles. The third-order valence-corrected chi connectivity index (χ3v) is 1.97. The number of aromatic nitrogens is 3. The third-order valence-electron chi connectivity index (χ3n) is 1.97. The standard InChI is InChI=1S/C11H9N3O2/c1-7-6-9(8-4-2-3-5-12-8)14-10(13-7)11(15)16/h2-6H,1H3,(H,15,16).